The molecule has 1 unspecified atom stereocenters. The minimum Gasteiger partial charge on any atom is -0.224 e. The third-order valence-corrected chi connectivity index (χ3v) is 7.24. The standard InChI is InChI=1S/C21H23FO2S/c1-20(9-7-17(8-10-20)25(2,23)24)19-14-21(11-12-21)13-18(19)15-3-5-16(22)6-4-15/h3-9H,10-14H2,1-2H3. The Kier molecular flexibility index (Phi) is 3.63. The van der Waals surface area contributed by atoms with Crippen LogP contribution >= 0.6 is 0 Å². The molecule has 132 valence electrons. The van der Waals surface area contributed by atoms with Crippen LogP contribution in [-0.2, 0) is 9.84 Å². The van der Waals surface area contributed by atoms with Crippen molar-refractivity contribution < 1.29 is 12.8 Å². The SMILES string of the molecule is CC1(C2=C(c3ccc(F)cc3)CC3(CC3)C2)C=CC(S(C)(=O)=O)=CC1. The maximum Gasteiger partial charge on any atom is 0.175 e. The Bertz CT molecular complexity index is 915. The highest BCUT2D eigenvalue weighted by atomic mass is 32.2. The highest BCUT2D eigenvalue weighted by molar-refractivity contribution is 7.94. The Labute approximate surface area is 149 Å². The van der Waals surface area contributed by atoms with E-state index in [1.165, 1.54) is 42.4 Å². The second-order valence-electron chi connectivity index (χ2n) is 8.15. The van der Waals surface area contributed by atoms with Crippen molar-refractivity contribution >= 4 is 15.4 Å². The average molecular weight is 358 g/mol. The van der Waals surface area contributed by atoms with Gasteiger partial charge in [-0.05, 0) is 66.9 Å². The van der Waals surface area contributed by atoms with Crippen LogP contribution in [0.15, 0.2) is 53.0 Å². The van der Waals surface area contributed by atoms with Gasteiger partial charge in [-0.25, -0.2) is 12.8 Å². The van der Waals surface area contributed by atoms with Crippen molar-refractivity contribution in [1.82, 2.24) is 0 Å². The van der Waals surface area contributed by atoms with Crippen LogP contribution in [0.25, 0.3) is 5.57 Å². The van der Waals surface area contributed by atoms with Gasteiger partial charge in [-0.3, -0.25) is 0 Å². The van der Waals surface area contributed by atoms with Crippen molar-refractivity contribution in [3.8, 4) is 0 Å². The number of halogens is 1. The van der Waals surface area contributed by atoms with Gasteiger partial charge in [0.25, 0.3) is 0 Å². The van der Waals surface area contributed by atoms with Crippen LogP contribution in [0, 0.1) is 16.6 Å². The van der Waals surface area contributed by atoms with Gasteiger partial charge in [0.1, 0.15) is 5.82 Å². The van der Waals surface area contributed by atoms with Gasteiger partial charge in [-0.1, -0.05) is 36.8 Å². The molecule has 2 nitrogen and oxygen atoms in total. The highest BCUT2D eigenvalue weighted by Gasteiger charge is 2.51. The molecule has 1 aromatic carbocycles. The Morgan fingerprint density at radius 3 is 2.28 bits per heavy atom. The summed E-state index contributed by atoms with van der Waals surface area (Å²) in [6.45, 7) is 2.19. The van der Waals surface area contributed by atoms with Gasteiger partial charge in [0, 0.05) is 11.7 Å². The maximum atomic E-state index is 13.3. The molecule has 1 saturated carbocycles. The van der Waals surface area contributed by atoms with Gasteiger partial charge >= 0.3 is 0 Å². The smallest absolute Gasteiger partial charge is 0.175 e. The number of allylic oxidation sites excluding steroid dienone is 5. The first-order valence-electron chi connectivity index (χ1n) is 8.79. The number of benzene rings is 1. The summed E-state index contributed by atoms with van der Waals surface area (Å²) in [4.78, 5) is 0.410. The van der Waals surface area contributed by atoms with E-state index in [2.05, 4.69) is 13.0 Å². The second kappa shape index (κ2) is 5.41. The summed E-state index contributed by atoms with van der Waals surface area (Å²) in [5.41, 5.74) is 4.07. The Hall–Kier alpha value is -1.68. The molecule has 1 atom stereocenters. The van der Waals surface area contributed by atoms with E-state index in [1.807, 2.05) is 18.2 Å². The molecule has 0 aliphatic heterocycles. The third-order valence-electron chi connectivity index (χ3n) is 6.08. The zero-order chi connectivity index (χ0) is 17.9. The fraction of sp³-hybridized carbons (Fsp3) is 0.429. The first-order chi connectivity index (χ1) is 11.7. The van der Waals surface area contributed by atoms with Crippen LogP contribution in [0.2, 0.25) is 0 Å². The van der Waals surface area contributed by atoms with Crippen LogP contribution in [0.5, 0.6) is 0 Å². The summed E-state index contributed by atoms with van der Waals surface area (Å²) in [5.74, 6) is -0.213. The second-order valence-corrected chi connectivity index (χ2v) is 10.2. The van der Waals surface area contributed by atoms with E-state index < -0.39 is 9.84 Å². The van der Waals surface area contributed by atoms with Crippen molar-refractivity contribution in [2.75, 3.05) is 6.26 Å². The van der Waals surface area contributed by atoms with Crippen LogP contribution in [-0.4, -0.2) is 14.7 Å². The lowest BCUT2D eigenvalue weighted by Crippen LogP contribution is -2.20. The van der Waals surface area contributed by atoms with E-state index in [1.54, 1.807) is 6.08 Å². The molecule has 4 rings (SSSR count). The normalized spacial score (nSPS) is 27.7. The van der Waals surface area contributed by atoms with E-state index in [4.69, 9.17) is 0 Å². The summed E-state index contributed by atoms with van der Waals surface area (Å²) >= 11 is 0. The summed E-state index contributed by atoms with van der Waals surface area (Å²) in [6, 6.07) is 6.80. The molecule has 0 N–H and O–H groups in total. The fourth-order valence-corrected chi connectivity index (χ4v) is 4.95. The lowest BCUT2D eigenvalue weighted by Gasteiger charge is -2.31. The molecule has 0 aromatic heterocycles. The van der Waals surface area contributed by atoms with Gasteiger partial charge in [0.2, 0.25) is 0 Å². The molecule has 4 heteroatoms. The predicted octanol–water partition coefficient (Wildman–Crippen LogP) is 5.05. The zero-order valence-electron chi connectivity index (χ0n) is 14.7. The van der Waals surface area contributed by atoms with E-state index in [-0.39, 0.29) is 11.2 Å². The number of hydrogen-bond acceptors (Lipinski definition) is 2. The van der Waals surface area contributed by atoms with Crippen LogP contribution in [0.4, 0.5) is 4.39 Å². The molecule has 0 saturated heterocycles. The van der Waals surface area contributed by atoms with Gasteiger partial charge < -0.3 is 0 Å². The number of hydrogen-bond donors (Lipinski definition) is 0. The fourth-order valence-electron chi connectivity index (χ4n) is 4.24. The summed E-state index contributed by atoms with van der Waals surface area (Å²) in [6.07, 6.45) is 12.3. The number of rotatable bonds is 3. The molecular weight excluding hydrogens is 335 g/mol. The topological polar surface area (TPSA) is 34.1 Å². The minimum absolute atomic E-state index is 0.163. The average Bonchev–Trinajstić information content (AvgIpc) is 3.18. The zero-order valence-corrected chi connectivity index (χ0v) is 15.5. The van der Waals surface area contributed by atoms with Crippen molar-refractivity contribution in [2.24, 2.45) is 10.8 Å². The van der Waals surface area contributed by atoms with Crippen molar-refractivity contribution in [3.05, 3.63) is 64.4 Å². The van der Waals surface area contributed by atoms with Crippen LogP contribution in [0.1, 0.15) is 44.6 Å². The lowest BCUT2D eigenvalue weighted by atomic mass is 9.74. The van der Waals surface area contributed by atoms with Gasteiger partial charge in [0.05, 0.1) is 4.91 Å². The summed E-state index contributed by atoms with van der Waals surface area (Å²) in [7, 11) is -3.16. The minimum atomic E-state index is -3.16. The first kappa shape index (κ1) is 16.8. The number of sulfone groups is 1. The van der Waals surface area contributed by atoms with E-state index in [0.29, 0.717) is 16.7 Å². The molecule has 0 amide bonds. The summed E-state index contributed by atoms with van der Waals surface area (Å²) in [5, 5.41) is 0. The van der Waals surface area contributed by atoms with E-state index in [0.717, 1.165) is 18.4 Å². The first-order valence-corrected chi connectivity index (χ1v) is 10.7. The van der Waals surface area contributed by atoms with E-state index in [9.17, 15) is 12.8 Å². The van der Waals surface area contributed by atoms with Gasteiger partial charge in [-0.15, -0.1) is 0 Å². The molecule has 25 heavy (non-hydrogen) atoms. The van der Waals surface area contributed by atoms with Crippen LogP contribution < -0.4 is 0 Å². The van der Waals surface area contributed by atoms with Crippen LogP contribution in [0.3, 0.4) is 0 Å². The predicted molar refractivity (Wildman–Crippen MR) is 99.0 cm³/mol. The monoisotopic (exact) mass is 358 g/mol. The highest BCUT2D eigenvalue weighted by Crippen LogP contribution is 2.65. The Morgan fingerprint density at radius 2 is 1.76 bits per heavy atom. The van der Waals surface area contributed by atoms with Crippen molar-refractivity contribution in [2.45, 2.75) is 39.0 Å². The molecule has 0 bridgehead atoms. The lowest BCUT2D eigenvalue weighted by molar-refractivity contribution is 0.459. The molecular formula is C21H23FO2S. The van der Waals surface area contributed by atoms with Crippen molar-refractivity contribution in [1.29, 1.82) is 0 Å². The molecule has 1 fully saturated rings. The molecule has 3 aliphatic carbocycles. The largest absolute Gasteiger partial charge is 0.224 e. The molecule has 3 aliphatic rings. The third kappa shape index (κ3) is 3.01. The van der Waals surface area contributed by atoms with Gasteiger partial charge in [0.15, 0.2) is 9.84 Å². The van der Waals surface area contributed by atoms with Gasteiger partial charge in [-0.2, -0.15) is 0 Å². The molecule has 1 aromatic rings. The molecule has 0 radical (unpaired) electrons. The quantitative estimate of drug-likeness (QED) is 0.758. The van der Waals surface area contributed by atoms with Crippen molar-refractivity contribution in [3.63, 3.8) is 0 Å². The molecule has 1 spiro atoms. The molecule has 0 heterocycles. The maximum absolute atomic E-state index is 13.3. The van der Waals surface area contributed by atoms with E-state index >= 15 is 0 Å². The Morgan fingerprint density at radius 1 is 1.08 bits per heavy atom. The Balaban J connectivity index is 1.73. The summed E-state index contributed by atoms with van der Waals surface area (Å²) < 4.78 is 36.9.